The molecule has 0 amide bonds. The predicted octanol–water partition coefficient (Wildman–Crippen LogP) is 3.47. The fraction of sp³-hybridized carbons (Fsp3) is 0.500. The van der Waals surface area contributed by atoms with E-state index < -0.39 is 0 Å². The number of methoxy groups -OCH3 is 2. The molecule has 0 radical (unpaired) electrons. The number of guanidine groups is 1. The van der Waals surface area contributed by atoms with Crippen molar-refractivity contribution < 1.29 is 9.47 Å². The van der Waals surface area contributed by atoms with E-state index in [1.807, 2.05) is 26.1 Å². The minimum absolute atomic E-state index is 0. The van der Waals surface area contributed by atoms with Gasteiger partial charge in [-0.1, -0.05) is 6.07 Å². The van der Waals surface area contributed by atoms with Crippen molar-refractivity contribution in [2.24, 2.45) is 4.99 Å². The lowest BCUT2D eigenvalue weighted by Crippen LogP contribution is -2.38. The molecular weight excluding hydrogens is 477 g/mol. The highest BCUT2D eigenvalue weighted by molar-refractivity contribution is 14.0. The number of hydrogen-bond donors (Lipinski definition) is 1. The molecule has 0 aliphatic heterocycles. The Labute approximate surface area is 182 Å². The number of aliphatic imine (C=N–C) groups is 1. The molecule has 1 unspecified atom stereocenters. The van der Waals surface area contributed by atoms with Crippen LogP contribution in [0.3, 0.4) is 0 Å². The average Bonchev–Trinajstić information content (AvgIpc) is 3.13. The molecule has 7 nitrogen and oxygen atoms in total. The summed E-state index contributed by atoms with van der Waals surface area (Å²) < 4.78 is 10.4. The van der Waals surface area contributed by atoms with Gasteiger partial charge in [0.25, 0.3) is 0 Å². The summed E-state index contributed by atoms with van der Waals surface area (Å²) in [7, 11) is 5.31. The van der Waals surface area contributed by atoms with Crippen molar-refractivity contribution in [1.82, 2.24) is 20.2 Å². The number of aromatic nitrogens is 2. The molecule has 0 spiro atoms. The highest BCUT2D eigenvalue weighted by atomic mass is 127. The second-order valence-electron chi connectivity index (χ2n) is 5.79. The van der Waals surface area contributed by atoms with E-state index in [-0.39, 0.29) is 30.1 Å². The summed E-state index contributed by atoms with van der Waals surface area (Å²) in [5.41, 5.74) is 2.03. The van der Waals surface area contributed by atoms with Crippen LogP contribution in [0, 0.1) is 0 Å². The summed E-state index contributed by atoms with van der Waals surface area (Å²) in [6.07, 6.45) is 1.80. The third-order valence-corrected chi connectivity index (χ3v) is 4.84. The molecule has 0 aliphatic carbocycles. The largest absolute Gasteiger partial charge is 0.481 e. The lowest BCUT2D eigenvalue weighted by molar-refractivity contribution is 0.119. The first-order valence-electron chi connectivity index (χ1n) is 8.52. The molecule has 0 bridgehead atoms. The fourth-order valence-electron chi connectivity index (χ4n) is 2.26. The van der Waals surface area contributed by atoms with E-state index in [9.17, 15) is 0 Å². The van der Waals surface area contributed by atoms with Crippen LogP contribution >= 0.6 is 35.3 Å². The third kappa shape index (κ3) is 7.23. The van der Waals surface area contributed by atoms with E-state index in [2.05, 4.69) is 32.5 Å². The molecule has 0 saturated heterocycles. The minimum Gasteiger partial charge on any atom is -0.481 e. The molecule has 2 heterocycles. The number of ether oxygens (including phenoxy) is 2. The molecule has 0 aromatic carbocycles. The van der Waals surface area contributed by atoms with E-state index in [0.717, 1.165) is 28.8 Å². The van der Waals surface area contributed by atoms with E-state index in [4.69, 9.17) is 14.5 Å². The second kappa shape index (κ2) is 12.1. The molecule has 0 aliphatic rings. The summed E-state index contributed by atoms with van der Waals surface area (Å²) in [6, 6.07) is 3.81. The molecule has 0 saturated carbocycles. The minimum atomic E-state index is 0. The Kier molecular flexibility index (Phi) is 10.6. The standard InChI is InChI=1S/C18H27N5O2S.HI/c1-6-19-18(21-10-14-7-8-16(25-5)20-9-14)23(3)11-15-12-26-17(22-15)13(2)24-4;/h7-9,12-13H,6,10-11H2,1-5H3,(H,19,21);1H. The van der Waals surface area contributed by atoms with Crippen LogP contribution in [0.15, 0.2) is 28.7 Å². The third-order valence-electron chi connectivity index (χ3n) is 3.78. The Balaban J connectivity index is 0.00000364. The molecule has 1 N–H and O–H groups in total. The topological polar surface area (TPSA) is 71.9 Å². The van der Waals surface area contributed by atoms with E-state index in [1.165, 1.54) is 0 Å². The number of halogens is 1. The van der Waals surface area contributed by atoms with Gasteiger partial charge < -0.3 is 19.7 Å². The maximum atomic E-state index is 5.33. The van der Waals surface area contributed by atoms with Gasteiger partial charge in [0.2, 0.25) is 5.88 Å². The Morgan fingerprint density at radius 2 is 2.15 bits per heavy atom. The van der Waals surface area contributed by atoms with Crippen LogP contribution in [0.25, 0.3) is 0 Å². The van der Waals surface area contributed by atoms with E-state index in [0.29, 0.717) is 19.0 Å². The van der Waals surface area contributed by atoms with Crippen LogP contribution in [0.5, 0.6) is 5.88 Å². The summed E-state index contributed by atoms with van der Waals surface area (Å²) in [4.78, 5) is 15.6. The SMILES string of the molecule is CCNC(=NCc1ccc(OC)nc1)N(C)Cc1csc(C(C)OC)n1.I. The zero-order chi connectivity index (χ0) is 18.9. The van der Waals surface area contributed by atoms with Gasteiger partial charge in [-0.05, 0) is 19.4 Å². The molecule has 2 rings (SSSR count). The summed E-state index contributed by atoms with van der Waals surface area (Å²) in [5.74, 6) is 1.43. The number of thiazole rings is 1. The first-order valence-corrected chi connectivity index (χ1v) is 9.40. The number of rotatable bonds is 8. The lowest BCUT2D eigenvalue weighted by atomic mass is 10.3. The number of pyridine rings is 1. The van der Waals surface area contributed by atoms with Gasteiger partial charge in [0.15, 0.2) is 5.96 Å². The molecule has 2 aromatic rings. The van der Waals surface area contributed by atoms with Gasteiger partial charge >= 0.3 is 0 Å². The number of nitrogens with zero attached hydrogens (tertiary/aromatic N) is 4. The summed E-state index contributed by atoms with van der Waals surface area (Å²) in [5, 5.41) is 6.37. The maximum Gasteiger partial charge on any atom is 0.212 e. The van der Waals surface area contributed by atoms with Crippen molar-refractivity contribution in [3.8, 4) is 5.88 Å². The number of nitrogens with one attached hydrogen (secondary N) is 1. The highest BCUT2D eigenvalue weighted by Crippen LogP contribution is 2.21. The van der Waals surface area contributed by atoms with Crippen LogP contribution in [-0.2, 0) is 17.8 Å². The zero-order valence-electron chi connectivity index (χ0n) is 16.4. The Bertz CT molecular complexity index is 708. The van der Waals surface area contributed by atoms with Crippen LogP contribution in [0.4, 0.5) is 0 Å². The van der Waals surface area contributed by atoms with Crippen molar-refractivity contribution in [3.05, 3.63) is 40.0 Å². The molecule has 27 heavy (non-hydrogen) atoms. The smallest absolute Gasteiger partial charge is 0.212 e. The van der Waals surface area contributed by atoms with Crippen LogP contribution in [0.1, 0.15) is 36.2 Å². The Morgan fingerprint density at radius 1 is 1.37 bits per heavy atom. The van der Waals surface area contributed by atoms with Crippen molar-refractivity contribution in [3.63, 3.8) is 0 Å². The second-order valence-corrected chi connectivity index (χ2v) is 6.68. The predicted molar refractivity (Wildman–Crippen MR) is 120 cm³/mol. The molecule has 0 fully saturated rings. The van der Waals surface area contributed by atoms with E-state index in [1.54, 1.807) is 31.8 Å². The first kappa shape index (κ1) is 23.6. The number of hydrogen-bond acceptors (Lipinski definition) is 6. The molecule has 1 atom stereocenters. The maximum absolute atomic E-state index is 5.33. The van der Waals surface area contributed by atoms with Gasteiger partial charge in [-0.25, -0.2) is 15.0 Å². The normalized spacial score (nSPS) is 12.3. The lowest BCUT2D eigenvalue weighted by Gasteiger charge is -2.21. The zero-order valence-corrected chi connectivity index (χ0v) is 19.6. The molecule has 9 heteroatoms. The Hall–Kier alpha value is -1.46. The van der Waals surface area contributed by atoms with Gasteiger partial charge in [0.1, 0.15) is 11.1 Å². The Morgan fingerprint density at radius 3 is 2.74 bits per heavy atom. The molecule has 2 aromatic heterocycles. The van der Waals surface area contributed by atoms with Crippen LogP contribution < -0.4 is 10.1 Å². The highest BCUT2D eigenvalue weighted by Gasteiger charge is 2.12. The van der Waals surface area contributed by atoms with Crippen LogP contribution in [0.2, 0.25) is 0 Å². The van der Waals surface area contributed by atoms with Gasteiger partial charge in [-0.15, -0.1) is 35.3 Å². The molecular formula is C18H28IN5O2S. The molecule has 150 valence electrons. The summed E-state index contributed by atoms with van der Waals surface area (Å²) >= 11 is 1.62. The first-order chi connectivity index (χ1) is 12.6. The van der Waals surface area contributed by atoms with Crippen molar-refractivity contribution >= 4 is 41.3 Å². The average molecular weight is 505 g/mol. The monoisotopic (exact) mass is 505 g/mol. The van der Waals surface area contributed by atoms with Gasteiger partial charge in [0, 0.05) is 38.3 Å². The van der Waals surface area contributed by atoms with Gasteiger partial charge in [0.05, 0.1) is 25.9 Å². The van der Waals surface area contributed by atoms with Crippen molar-refractivity contribution in [2.75, 3.05) is 27.8 Å². The van der Waals surface area contributed by atoms with Crippen molar-refractivity contribution in [1.29, 1.82) is 0 Å². The fourth-order valence-corrected chi connectivity index (χ4v) is 3.10. The van der Waals surface area contributed by atoms with Gasteiger partial charge in [-0.2, -0.15) is 0 Å². The van der Waals surface area contributed by atoms with Gasteiger partial charge in [-0.3, -0.25) is 0 Å². The van der Waals surface area contributed by atoms with Crippen molar-refractivity contribution in [2.45, 2.75) is 33.0 Å². The quantitative estimate of drug-likeness (QED) is 0.337. The van der Waals surface area contributed by atoms with Crippen LogP contribution in [-0.4, -0.2) is 48.6 Å². The van der Waals surface area contributed by atoms with E-state index >= 15 is 0 Å². The summed E-state index contributed by atoms with van der Waals surface area (Å²) in [6.45, 7) is 6.08.